The summed E-state index contributed by atoms with van der Waals surface area (Å²) in [6, 6.07) is 11.2. The zero-order valence-electron chi connectivity index (χ0n) is 18.3. The first-order valence-corrected chi connectivity index (χ1v) is 10.9. The standard InChI is InChI=1S/C24H25N3O6/c1-2-32-17-8-6-16(7-9-17)26-21(28)13-25-22(29)15-5-10-19-20(12-15)24(31)27(23(19)30)14-18-4-3-11-33-18/h5-10,12,18H,2-4,11,13-14H2,1H3,(H,25,29)(H,26,28). The molecule has 33 heavy (non-hydrogen) atoms. The molecule has 1 atom stereocenters. The molecule has 0 spiro atoms. The lowest BCUT2D eigenvalue weighted by Crippen LogP contribution is -2.36. The summed E-state index contributed by atoms with van der Waals surface area (Å²) >= 11 is 0. The van der Waals surface area contributed by atoms with Crippen molar-refractivity contribution in [2.24, 2.45) is 0 Å². The summed E-state index contributed by atoms with van der Waals surface area (Å²) in [4.78, 5) is 51.2. The lowest BCUT2D eigenvalue weighted by molar-refractivity contribution is -0.115. The van der Waals surface area contributed by atoms with Crippen molar-refractivity contribution in [2.45, 2.75) is 25.9 Å². The monoisotopic (exact) mass is 451 g/mol. The third-order valence-corrected chi connectivity index (χ3v) is 5.50. The lowest BCUT2D eigenvalue weighted by atomic mass is 10.1. The van der Waals surface area contributed by atoms with E-state index in [0.717, 1.165) is 12.8 Å². The van der Waals surface area contributed by atoms with Crippen LogP contribution in [0.5, 0.6) is 5.75 Å². The number of hydrogen-bond donors (Lipinski definition) is 2. The molecule has 2 N–H and O–H groups in total. The lowest BCUT2D eigenvalue weighted by Gasteiger charge is -2.17. The van der Waals surface area contributed by atoms with Crippen molar-refractivity contribution in [2.75, 3.05) is 31.6 Å². The van der Waals surface area contributed by atoms with Crippen molar-refractivity contribution in [3.8, 4) is 5.75 Å². The Morgan fingerprint density at radius 2 is 1.85 bits per heavy atom. The minimum atomic E-state index is -0.516. The Kier molecular flexibility index (Phi) is 6.69. The molecule has 9 nitrogen and oxygen atoms in total. The number of ether oxygens (including phenoxy) is 2. The molecule has 0 bridgehead atoms. The van der Waals surface area contributed by atoms with Gasteiger partial charge in [0.15, 0.2) is 0 Å². The normalized spacial score (nSPS) is 17.1. The third kappa shape index (κ3) is 5.04. The highest BCUT2D eigenvalue weighted by molar-refractivity contribution is 6.22. The maximum atomic E-state index is 12.7. The van der Waals surface area contributed by atoms with Crippen LogP contribution in [0.2, 0.25) is 0 Å². The number of anilines is 1. The van der Waals surface area contributed by atoms with Crippen LogP contribution in [0.25, 0.3) is 0 Å². The Labute approximate surface area is 191 Å². The summed E-state index contributed by atoms with van der Waals surface area (Å²) in [6.45, 7) is 3.02. The smallest absolute Gasteiger partial charge is 0.261 e. The van der Waals surface area contributed by atoms with Crippen molar-refractivity contribution >= 4 is 29.3 Å². The highest BCUT2D eigenvalue weighted by Crippen LogP contribution is 2.26. The Balaban J connectivity index is 1.34. The Hall–Kier alpha value is -3.72. The van der Waals surface area contributed by atoms with Gasteiger partial charge in [0, 0.05) is 17.9 Å². The summed E-state index contributed by atoms with van der Waals surface area (Å²) in [5, 5.41) is 5.22. The molecule has 4 rings (SSSR count). The van der Waals surface area contributed by atoms with E-state index in [0.29, 0.717) is 24.7 Å². The summed E-state index contributed by atoms with van der Waals surface area (Å²) in [6.07, 6.45) is 1.56. The molecule has 0 radical (unpaired) electrons. The van der Waals surface area contributed by atoms with Gasteiger partial charge in [-0.2, -0.15) is 0 Å². The average molecular weight is 451 g/mol. The number of fused-ring (bicyclic) bond motifs is 1. The Morgan fingerprint density at radius 3 is 2.55 bits per heavy atom. The molecule has 2 heterocycles. The van der Waals surface area contributed by atoms with Crippen molar-refractivity contribution in [3.05, 3.63) is 59.2 Å². The number of benzene rings is 2. The van der Waals surface area contributed by atoms with E-state index < -0.39 is 17.7 Å². The third-order valence-electron chi connectivity index (χ3n) is 5.50. The average Bonchev–Trinajstić information content (AvgIpc) is 3.42. The van der Waals surface area contributed by atoms with Crippen LogP contribution in [-0.2, 0) is 9.53 Å². The molecule has 1 fully saturated rings. The van der Waals surface area contributed by atoms with Gasteiger partial charge in [0.2, 0.25) is 5.91 Å². The van der Waals surface area contributed by atoms with Crippen LogP contribution in [0.15, 0.2) is 42.5 Å². The quantitative estimate of drug-likeness (QED) is 0.595. The van der Waals surface area contributed by atoms with E-state index in [1.54, 1.807) is 24.3 Å². The Bertz CT molecular complexity index is 1080. The first kappa shape index (κ1) is 22.5. The second-order valence-electron chi connectivity index (χ2n) is 7.80. The Morgan fingerprint density at radius 1 is 1.09 bits per heavy atom. The van der Waals surface area contributed by atoms with Gasteiger partial charge in [-0.3, -0.25) is 24.1 Å². The topological polar surface area (TPSA) is 114 Å². The maximum Gasteiger partial charge on any atom is 0.261 e. The van der Waals surface area contributed by atoms with Gasteiger partial charge in [-0.05, 0) is 62.2 Å². The van der Waals surface area contributed by atoms with Gasteiger partial charge >= 0.3 is 0 Å². The summed E-state index contributed by atoms with van der Waals surface area (Å²) in [7, 11) is 0. The molecule has 4 amide bonds. The predicted molar refractivity (Wildman–Crippen MR) is 119 cm³/mol. The van der Waals surface area contributed by atoms with Crippen molar-refractivity contribution < 1.29 is 28.7 Å². The molecule has 1 unspecified atom stereocenters. The molecular weight excluding hydrogens is 426 g/mol. The maximum absolute atomic E-state index is 12.7. The summed E-state index contributed by atoms with van der Waals surface area (Å²) < 4.78 is 10.9. The number of amides is 4. The van der Waals surface area contributed by atoms with Crippen molar-refractivity contribution in [1.82, 2.24) is 10.2 Å². The van der Waals surface area contributed by atoms with Crippen LogP contribution in [0.4, 0.5) is 5.69 Å². The van der Waals surface area contributed by atoms with Crippen molar-refractivity contribution in [1.29, 1.82) is 0 Å². The van der Waals surface area contributed by atoms with Crippen LogP contribution < -0.4 is 15.4 Å². The number of carbonyl (C=O) groups excluding carboxylic acids is 4. The van der Waals surface area contributed by atoms with Gasteiger partial charge in [0.05, 0.1) is 36.9 Å². The molecule has 2 aliphatic heterocycles. The van der Waals surface area contributed by atoms with Crippen LogP contribution in [0.3, 0.4) is 0 Å². The molecule has 2 aliphatic rings. The molecule has 2 aromatic rings. The molecule has 0 saturated carbocycles. The molecule has 172 valence electrons. The van der Waals surface area contributed by atoms with Gasteiger partial charge < -0.3 is 20.1 Å². The van der Waals surface area contributed by atoms with Crippen LogP contribution in [0, 0.1) is 0 Å². The first-order chi connectivity index (χ1) is 16.0. The zero-order valence-corrected chi connectivity index (χ0v) is 18.3. The molecule has 0 aromatic heterocycles. The molecule has 1 saturated heterocycles. The SMILES string of the molecule is CCOc1ccc(NC(=O)CNC(=O)c2ccc3c(c2)C(=O)N(CC2CCCO2)C3=O)cc1. The number of hydrogen-bond acceptors (Lipinski definition) is 6. The molecular formula is C24H25N3O6. The molecule has 0 aliphatic carbocycles. The fourth-order valence-electron chi connectivity index (χ4n) is 3.86. The van der Waals surface area contributed by atoms with E-state index in [1.165, 1.54) is 23.1 Å². The molecule has 9 heteroatoms. The largest absolute Gasteiger partial charge is 0.494 e. The summed E-state index contributed by atoms with van der Waals surface area (Å²) in [5.41, 5.74) is 1.22. The van der Waals surface area contributed by atoms with Gasteiger partial charge in [0.1, 0.15) is 5.75 Å². The van der Waals surface area contributed by atoms with Gasteiger partial charge in [-0.25, -0.2) is 0 Å². The number of nitrogens with one attached hydrogen (secondary N) is 2. The van der Waals surface area contributed by atoms with Crippen molar-refractivity contribution in [3.63, 3.8) is 0 Å². The van der Waals surface area contributed by atoms with Gasteiger partial charge in [0.25, 0.3) is 17.7 Å². The fourth-order valence-corrected chi connectivity index (χ4v) is 3.86. The zero-order chi connectivity index (χ0) is 23.4. The van der Waals surface area contributed by atoms with Gasteiger partial charge in [-0.1, -0.05) is 0 Å². The minimum absolute atomic E-state index is 0.149. The van der Waals surface area contributed by atoms with E-state index in [2.05, 4.69) is 10.6 Å². The highest BCUT2D eigenvalue weighted by atomic mass is 16.5. The minimum Gasteiger partial charge on any atom is -0.494 e. The van der Waals surface area contributed by atoms with Crippen LogP contribution >= 0.6 is 0 Å². The number of carbonyl (C=O) groups is 4. The molecule has 2 aromatic carbocycles. The van der Waals surface area contributed by atoms with E-state index in [-0.39, 0.29) is 41.8 Å². The van der Waals surface area contributed by atoms with Crippen LogP contribution in [0.1, 0.15) is 50.8 Å². The second-order valence-corrected chi connectivity index (χ2v) is 7.80. The fraction of sp³-hybridized carbons (Fsp3) is 0.333. The highest BCUT2D eigenvalue weighted by Gasteiger charge is 2.37. The van der Waals surface area contributed by atoms with E-state index in [1.807, 2.05) is 6.92 Å². The van der Waals surface area contributed by atoms with Gasteiger partial charge in [-0.15, -0.1) is 0 Å². The predicted octanol–water partition coefficient (Wildman–Crippen LogP) is 2.23. The van der Waals surface area contributed by atoms with E-state index in [4.69, 9.17) is 9.47 Å². The van der Waals surface area contributed by atoms with Crippen LogP contribution in [-0.4, -0.2) is 60.9 Å². The number of rotatable bonds is 8. The number of imide groups is 1. The van der Waals surface area contributed by atoms with E-state index >= 15 is 0 Å². The first-order valence-electron chi connectivity index (χ1n) is 10.9. The summed E-state index contributed by atoms with van der Waals surface area (Å²) in [5.74, 6) is -1.04. The second kappa shape index (κ2) is 9.83. The number of nitrogens with zero attached hydrogens (tertiary/aromatic N) is 1. The van der Waals surface area contributed by atoms with E-state index in [9.17, 15) is 19.2 Å².